The van der Waals surface area contributed by atoms with Crippen LogP contribution < -0.4 is 5.56 Å². The highest BCUT2D eigenvalue weighted by Crippen LogP contribution is 2.36. The molecule has 182 valence electrons. The van der Waals surface area contributed by atoms with Crippen LogP contribution >= 0.6 is 0 Å². The fourth-order valence-corrected chi connectivity index (χ4v) is 6.14. The van der Waals surface area contributed by atoms with Crippen LogP contribution in [0.15, 0.2) is 29.1 Å². The van der Waals surface area contributed by atoms with Gasteiger partial charge in [0, 0.05) is 23.7 Å². The molecule has 3 aromatic rings. The molecule has 2 fully saturated rings. The number of nitrogens with zero attached hydrogens (tertiary/aromatic N) is 5. The third kappa shape index (κ3) is 4.81. The van der Waals surface area contributed by atoms with E-state index >= 15 is 0 Å². The third-order valence-corrected chi connectivity index (χ3v) is 7.92. The van der Waals surface area contributed by atoms with Crippen molar-refractivity contribution < 1.29 is 0 Å². The van der Waals surface area contributed by atoms with E-state index in [0.717, 1.165) is 48.0 Å². The number of hydrogen-bond acceptors (Lipinski definition) is 5. The Kier molecular flexibility index (Phi) is 7.09. The fourth-order valence-electron chi connectivity index (χ4n) is 6.14. The summed E-state index contributed by atoms with van der Waals surface area (Å²) >= 11 is 0. The van der Waals surface area contributed by atoms with Crippen LogP contribution in [0.2, 0.25) is 0 Å². The molecule has 0 unspecified atom stereocenters. The molecule has 5 rings (SSSR count). The number of aromatic nitrogens is 5. The molecule has 2 saturated carbocycles. The minimum absolute atomic E-state index is 0.0153. The first-order valence-electron chi connectivity index (χ1n) is 13.3. The summed E-state index contributed by atoms with van der Waals surface area (Å²) in [6.07, 6.45) is 13.0. The number of H-pyrrole nitrogens is 1. The molecule has 0 bridgehead atoms. The van der Waals surface area contributed by atoms with E-state index in [1.165, 1.54) is 50.5 Å². The predicted octanol–water partition coefficient (Wildman–Crippen LogP) is 5.61. The predicted molar refractivity (Wildman–Crippen MR) is 135 cm³/mol. The number of benzene rings is 1. The first-order chi connectivity index (χ1) is 16.6. The van der Waals surface area contributed by atoms with Crippen LogP contribution in [0.1, 0.15) is 107 Å². The summed E-state index contributed by atoms with van der Waals surface area (Å²) < 4.78 is 2.13. The van der Waals surface area contributed by atoms with Crippen LogP contribution in [0.3, 0.4) is 0 Å². The molecular formula is C27H38N6O. The molecular weight excluding hydrogens is 424 g/mol. The molecule has 2 aromatic heterocycles. The SMILES string of the molecule is CCC[C@H](c1nnnn1C1CCCCC1)N(Cc1cc2cc(C)ccc2[nH]c1=O)C1CCCC1. The zero-order valence-corrected chi connectivity index (χ0v) is 20.7. The monoisotopic (exact) mass is 462 g/mol. The number of tetrazole rings is 1. The van der Waals surface area contributed by atoms with Gasteiger partial charge < -0.3 is 4.98 Å². The van der Waals surface area contributed by atoms with Gasteiger partial charge in [-0.3, -0.25) is 9.69 Å². The Morgan fingerprint density at radius 3 is 2.62 bits per heavy atom. The van der Waals surface area contributed by atoms with E-state index in [2.05, 4.69) is 56.1 Å². The first kappa shape index (κ1) is 23.2. The van der Waals surface area contributed by atoms with Gasteiger partial charge >= 0.3 is 0 Å². The van der Waals surface area contributed by atoms with E-state index < -0.39 is 0 Å². The minimum atomic E-state index is 0.0153. The van der Waals surface area contributed by atoms with Crippen molar-refractivity contribution in [3.8, 4) is 0 Å². The number of fused-ring (bicyclic) bond motifs is 1. The van der Waals surface area contributed by atoms with E-state index in [1.54, 1.807) is 0 Å². The lowest BCUT2D eigenvalue weighted by Crippen LogP contribution is -2.39. The molecule has 0 radical (unpaired) electrons. The number of hydrogen-bond donors (Lipinski definition) is 1. The van der Waals surface area contributed by atoms with Crippen molar-refractivity contribution >= 4 is 10.9 Å². The van der Waals surface area contributed by atoms with E-state index in [4.69, 9.17) is 0 Å². The molecule has 34 heavy (non-hydrogen) atoms. The summed E-state index contributed by atoms with van der Waals surface area (Å²) in [5.74, 6) is 0.994. The second kappa shape index (κ2) is 10.4. The molecule has 0 spiro atoms. The molecule has 2 aliphatic carbocycles. The number of nitrogens with one attached hydrogen (secondary N) is 1. The van der Waals surface area contributed by atoms with Crippen molar-refractivity contribution in [3.63, 3.8) is 0 Å². The van der Waals surface area contributed by atoms with Crippen LogP contribution in [-0.4, -0.2) is 36.1 Å². The van der Waals surface area contributed by atoms with Crippen molar-refractivity contribution in [2.45, 2.75) is 109 Å². The van der Waals surface area contributed by atoms with Crippen LogP contribution in [0.5, 0.6) is 0 Å². The van der Waals surface area contributed by atoms with Gasteiger partial charge in [0.15, 0.2) is 5.82 Å². The van der Waals surface area contributed by atoms with Crippen molar-refractivity contribution in [2.24, 2.45) is 0 Å². The Balaban J connectivity index is 1.52. The van der Waals surface area contributed by atoms with Crippen molar-refractivity contribution in [1.29, 1.82) is 0 Å². The molecule has 1 aromatic carbocycles. The number of aromatic amines is 1. The van der Waals surface area contributed by atoms with Crippen LogP contribution in [0.4, 0.5) is 0 Å². The van der Waals surface area contributed by atoms with E-state index in [0.29, 0.717) is 18.6 Å². The van der Waals surface area contributed by atoms with Gasteiger partial charge in [-0.2, -0.15) is 0 Å². The maximum absolute atomic E-state index is 13.1. The highest BCUT2D eigenvalue weighted by Gasteiger charge is 2.34. The zero-order chi connectivity index (χ0) is 23.5. The highest BCUT2D eigenvalue weighted by molar-refractivity contribution is 5.79. The van der Waals surface area contributed by atoms with Gasteiger partial charge in [-0.1, -0.05) is 57.1 Å². The van der Waals surface area contributed by atoms with E-state index in [1.807, 2.05) is 12.1 Å². The van der Waals surface area contributed by atoms with Gasteiger partial charge in [0.05, 0.1) is 12.1 Å². The van der Waals surface area contributed by atoms with Crippen LogP contribution in [-0.2, 0) is 6.54 Å². The third-order valence-electron chi connectivity index (χ3n) is 7.92. The summed E-state index contributed by atoms with van der Waals surface area (Å²) in [6, 6.07) is 9.28. The van der Waals surface area contributed by atoms with Gasteiger partial charge in [-0.05, 0) is 73.0 Å². The van der Waals surface area contributed by atoms with Gasteiger partial charge in [0.2, 0.25) is 0 Å². The van der Waals surface area contributed by atoms with Crippen molar-refractivity contribution in [2.75, 3.05) is 0 Å². The lowest BCUT2D eigenvalue weighted by atomic mass is 9.95. The molecule has 7 heteroatoms. The molecule has 1 atom stereocenters. The summed E-state index contributed by atoms with van der Waals surface area (Å²) in [4.78, 5) is 18.8. The summed E-state index contributed by atoms with van der Waals surface area (Å²) in [5, 5.41) is 14.3. The molecule has 2 heterocycles. The Morgan fingerprint density at radius 2 is 1.85 bits per heavy atom. The zero-order valence-electron chi connectivity index (χ0n) is 20.7. The lowest BCUT2D eigenvalue weighted by Gasteiger charge is -2.36. The average molecular weight is 463 g/mol. The largest absolute Gasteiger partial charge is 0.322 e. The molecule has 0 aliphatic heterocycles. The first-order valence-corrected chi connectivity index (χ1v) is 13.3. The normalized spacial score (nSPS) is 18.8. The Bertz CT molecular complexity index is 1160. The highest BCUT2D eigenvalue weighted by atomic mass is 16.1. The smallest absolute Gasteiger partial charge is 0.252 e. The Hall–Kier alpha value is -2.54. The second-order valence-corrected chi connectivity index (χ2v) is 10.4. The molecule has 0 amide bonds. The van der Waals surface area contributed by atoms with Gasteiger partial charge in [0.1, 0.15) is 0 Å². The number of rotatable bonds is 8. The number of pyridine rings is 1. The van der Waals surface area contributed by atoms with Crippen molar-refractivity contribution in [3.05, 3.63) is 51.6 Å². The van der Waals surface area contributed by atoms with Gasteiger partial charge in [-0.25, -0.2) is 4.68 Å². The summed E-state index contributed by atoms with van der Waals surface area (Å²) in [7, 11) is 0. The van der Waals surface area contributed by atoms with Gasteiger partial charge in [0.25, 0.3) is 5.56 Å². The fraction of sp³-hybridized carbons (Fsp3) is 0.630. The second-order valence-electron chi connectivity index (χ2n) is 10.4. The average Bonchev–Trinajstić information content (AvgIpc) is 3.55. The van der Waals surface area contributed by atoms with E-state index in [9.17, 15) is 4.79 Å². The number of aryl methyl sites for hydroxylation is 1. The summed E-state index contributed by atoms with van der Waals surface area (Å²) in [5.41, 5.74) is 2.95. The summed E-state index contributed by atoms with van der Waals surface area (Å²) in [6.45, 7) is 4.96. The standard InChI is InChI=1S/C27H38N6O/c1-3-9-25(26-29-30-31-33(26)23-12-5-4-6-13-23)32(22-10-7-8-11-22)18-21-17-20-16-19(2)14-15-24(20)28-27(21)34/h14-17,22-23,25H,3-13,18H2,1-2H3,(H,28,34)/t25-/m1/s1. The van der Waals surface area contributed by atoms with Crippen LogP contribution in [0.25, 0.3) is 10.9 Å². The van der Waals surface area contributed by atoms with Crippen LogP contribution in [0, 0.1) is 6.92 Å². The quantitative estimate of drug-likeness (QED) is 0.470. The molecule has 0 saturated heterocycles. The maximum Gasteiger partial charge on any atom is 0.252 e. The molecule has 1 N–H and O–H groups in total. The maximum atomic E-state index is 13.1. The van der Waals surface area contributed by atoms with Gasteiger partial charge in [-0.15, -0.1) is 5.10 Å². The lowest BCUT2D eigenvalue weighted by molar-refractivity contribution is 0.105. The minimum Gasteiger partial charge on any atom is -0.322 e. The molecule has 2 aliphatic rings. The topological polar surface area (TPSA) is 79.7 Å². The van der Waals surface area contributed by atoms with Crippen molar-refractivity contribution in [1.82, 2.24) is 30.1 Å². The Labute approximate surface area is 201 Å². The Morgan fingerprint density at radius 1 is 1.09 bits per heavy atom. The van der Waals surface area contributed by atoms with E-state index in [-0.39, 0.29) is 11.6 Å². The molecule has 7 nitrogen and oxygen atoms in total.